The lowest BCUT2D eigenvalue weighted by atomic mass is 10.1. The first-order valence-corrected chi connectivity index (χ1v) is 7.90. The summed E-state index contributed by atoms with van der Waals surface area (Å²) in [6.45, 7) is 0. The first-order chi connectivity index (χ1) is 12.6. The normalized spacial score (nSPS) is 10.8. The third-order valence-electron chi connectivity index (χ3n) is 3.95. The van der Waals surface area contributed by atoms with Crippen molar-refractivity contribution in [3.8, 4) is 17.2 Å². The smallest absolute Gasteiger partial charge is 0.275 e. The molecule has 2 N–H and O–H groups in total. The first kappa shape index (κ1) is 17.3. The van der Waals surface area contributed by atoms with E-state index in [-0.39, 0.29) is 11.3 Å². The van der Waals surface area contributed by atoms with Crippen LogP contribution in [0.2, 0.25) is 0 Å². The summed E-state index contributed by atoms with van der Waals surface area (Å²) in [4.78, 5) is 12.3. The topological polar surface area (TPSA) is 80.2 Å². The maximum Gasteiger partial charge on any atom is 0.275 e. The molecule has 6 heteroatoms. The third-order valence-corrected chi connectivity index (χ3v) is 3.95. The summed E-state index contributed by atoms with van der Waals surface area (Å²) in [6.07, 6.45) is 1.46. The number of carbonyl (C=O) groups excluding carboxylic acids is 1. The maximum absolute atomic E-state index is 12.3. The molecule has 0 spiro atoms. The number of rotatable bonds is 5. The van der Waals surface area contributed by atoms with Crippen LogP contribution < -0.4 is 14.9 Å². The van der Waals surface area contributed by atoms with E-state index >= 15 is 0 Å². The number of hydrogen-bond donors (Lipinski definition) is 2. The van der Waals surface area contributed by atoms with Crippen molar-refractivity contribution in [1.29, 1.82) is 0 Å². The van der Waals surface area contributed by atoms with E-state index in [1.54, 1.807) is 56.7 Å². The van der Waals surface area contributed by atoms with Crippen LogP contribution in [0.25, 0.3) is 10.8 Å². The SMILES string of the molecule is COc1ccc(OC)c(C=NNC(=O)c2ccc3ccccc3c2O)c1. The standard InChI is InChI=1S/C20H18N2O4/c1-25-15-8-10-18(26-2)14(11-15)12-21-22-20(24)17-9-7-13-5-3-4-6-16(13)19(17)23/h3-12,23H,1-2H3,(H,22,24). The number of fused-ring (bicyclic) bond motifs is 1. The number of methoxy groups -OCH3 is 2. The van der Waals surface area contributed by atoms with Crippen molar-refractivity contribution in [3.63, 3.8) is 0 Å². The Bertz CT molecular complexity index is 983. The van der Waals surface area contributed by atoms with Gasteiger partial charge in [0.1, 0.15) is 17.2 Å². The number of phenols is 1. The molecule has 0 unspecified atom stereocenters. The molecule has 1 amide bonds. The van der Waals surface area contributed by atoms with Crippen LogP contribution in [0.15, 0.2) is 59.7 Å². The number of phenolic OH excluding ortho intramolecular Hbond substituents is 1. The van der Waals surface area contributed by atoms with Gasteiger partial charge >= 0.3 is 0 Å². The van der Waals surface area contributed by atoms with Gasteiger partial charge in [-0.15, -0.1) is 0 Å². The summed E-state index contributed by atoms with van der Waals surface area (Å²) in [5, 5.41) is 15.8. The molecular formula is C20H18N2O4. The third kappa shape index (κ3) is 3.44. The molecule has 0 saturated heterocycles. The molecule has 3 rings (SSSR count). The summed E-state index contributed by atoms with van der Waals surface area (Å²) in [7, 11) is 3.11. The van der Waals surface area contributed by atoms with Crippen molar-refractivity contribution >= 4 is 22.9 Å². The Morgan fingerprint density at radius 1 is 1.08 bits per heavy atom. The Labute approximate surface area is 150 Å². The van der Waals surface area contributed by atoms with Crippen molar-refractivity contribution in [2.45, 2.75) is 0 Å². The van der Waals surface area contributed by atoms with Crippen LogP contribution >= 0.6 is 0 Å². The van der Waals surface area contributed by atoms with E-state index < -0.39 is 5.91 Å². The number of hydrogen-bond acceptors (Lipinski definition) is 5. The van der Waals surface area contributed by atoms with Crippen molar-refractivity contribution in [3.05, 3.63) is 65.7 Å². The number of nitrogens with zero attached hydrogens (tertiary/aromatic N) is 1. The zero-order valence-corrected chi connectivity index (χ0v) is 14.4. The summed E-state index contributed by atoms with van der Waals surface area (Å²) in [5.74, 6) is 0.657. The van der Waals surface area contributed by atoms with Gasteiger partial charge in [-0.2, -0.15) is 5.10 Å². The van der Waals surface area contributed by atoms with Crippen molar-refractivity contribution in [2.75, 3.05) is 14.2 Å². The fraction of sp³-hybridized carbons (Fsp3) is 0.100. The molecule has 0 saturated carbocycles. The number of ether oxygens (including phenoxy) is 2. The van der Waals surface area contributed by atoms with Gasteiger partial charge in [-0.25, -0.2) is 5.43 Å². The molecule has 3 aromatic rings. The predicted molar refractivity (Wildman–Crippen MR) is 100 cm³/mol. The van der Waals surface area contributed by atoms with Crippen molar-refractivity contribution in [2.24, 2.45) is 5.10 Å². The molecule has 0 bridgehead atoms. The second-order valence-corrected chi connectivity index (χ2v) is 5.49. The molecule has 0 aromatic heterocycles. The largest absolute Gasteiger partial charge is 0.506 e. The summed E-state index contributed by atoms with van der Waals surface area (Å²) < 4.78 is 10.4. The van der Waals surface area contributed by atoms with Gasteiger partial charge in [0.05, 0.1) is 26.0 Å². The molecule has 0 aliphatic heterocycles. The van der Waals surface area contributed by atoms with Gasteiger partial charge in [0.2, 0.25) is 0 Å². The number of benzene rings is 3. The number of carbonyl (C=O) groups is 1. The van der Waals surface area contributed by atoms with E-state index in [9.17, 15) is 9.90 Å². The molecule has 0 fully saturated rings. The number of amides is 1. The quantitative estimate of drug-likeness (QED) is 0.546. The van der Waals surface area contributed by atoms with E-state index in [1.807, 2.05) is 12.1 Å². The van der Waals surface area contributed by atoms with Gasteiger partial charge in [-0.05, 0) is 29.7 Å². The summed E-state index contributed by atoms with van der Waals surface area (Å²) >= 11 is 0. The highest BCUT2D eigenvalue weighted by molar-refractivity contribution is 6.03. The monoisotopic (exact) mass is 350 g/mol. The van der Waals surface area contributed by atoms with Crippen LogP contribution in [-0.2, 0) is 0 Å². The Hall–Kier alpha value is -3.54. The molecule has 0 aliphatic rings. The maximum atomic E-state index is 12.3. The fourth-order valence-corrected chi connectivity index (χ4v) is 2.60. The highest BCUT2D eigenvalue weighted by atomic mass is 16.5. The van der Waals surface area contributed by atoms with Gasteiger partial charge < -0.3 is 14.6 Å². The number of hydrazone groups is 1. The zero-order valence-electron chi connectivity index (χ0n) is 14.4. The van der Waals surface area contributed by atoms with Crippen LogP contribution in [0.1, 0.15) is 15.9 Å². The fourth-order valence-electron chi connectivity index (χ4n) is 2.60. The highest BCUT2D eigenvalue weighted by Gasteiger charge is 2.13. The molecule has 0 atom stereocenters. The minimum Gasteiger partial charge on any atom is -0.506 e. The van der Waals surface area contributed by atoms with Crippen LogP contribution in [0.5, 0.6) is 17.2 Å². The van der Waals surface area contributed by atoms with E-state index in [0.29, 0.717) is 22.4 Å². The van der Waals surface area contributed by atoms with Crippen LogP contribution in [-0.4, -0.2) is 31.4 Å². The van der Waals surface area contributed by atoms with Gasteiger partial charge in [-0.1, -0.05) is 30.3 Å². The van der Waals surface area contributed by atoms with Gasteiger partial charge in [-0.3, -0.25) is 4.79 Å². The van der Waals surface area contributed by atoms with Gasteiger partial charge in [0, 0.05) is 10.9 Å². The molecule has 132 valence electrons. The lowest BCUT2D eigenvalue weighted by molar-refractivity contribution is 0.0952. The summed E-state index contributed by atoms with van der Waals surface area (Å²) in [5.41, 5.74) is 3.22. The predicted octanol–water partition coefficient (Wildman–Crippen LogP) is 3.33. The van der Waals surface area contributed by atoms with Crippen molar-refractivity contribution in [1.82, 2.24) is 5.43 Å². The minimum absolute atomic E-state index is 0.0743. The second kappa shape index (κ2) is 7.57. The van der Waals surface area contributed by atoms with Crippen LogP contribution in [0.4, 0.5) is 0 Å². The molecule has 0 radical (unpaired) electrons. The zero-order chi connectivity index (χ0) is 18.5. The van der Waals surface area contributed by atoms with Gasteiger partial charge in [0.25, 0.3) is 5.91 Å². The van der Waals surface area contributed by atoms with Crippen LogP contribution in [0.3, 0.4) is 0 Å². The average Bonchev–Trinajstić information content (AvgIpc) is 2.68. The molecule has 0 heterocycles. The lowest BCUT2D eigenvalue weighted by Crippen LogP contribution is -2.17. The van der Waals surface area contributed by atoms with Crippen molar-refractivity contribution < 1.29 is 19.4 Å². The van der Waals surface area contributed by atoms with E-state index in [0.717, 1.165) is 5.39 Å². The second-order valence-electron chi connectivity index (χ2n) is 5.49. The Morgan fingerprint density at radius 3 is 2.65 bits per heavy atom. The molecule has 26 heavy (non-hydrogen) atoms. The average molecular weight is 350 g/mol. The number of nitrogens with one attached hydrogen (secondary N) is 1. The molecular weight excluding hydrogens is 332 g/mol. The number of aromatic hydroxyl groups is 1. The molecule has 3 aromatic carbocycles. The Morgan fingerprint density at radius 2 is 1.88 bits per heavy atom. The van der Waals surface area contributed by atoms with Crippen LogP contribution in [0, 0.1) is 0 Å². The van der Waals surface area contributed by atoms with Gasteiger partial charge in [0.15, 0.2) is 0 Å². The molecule has 6 nitrogen and oxygen atoms in total. The van der Waals surface area contributed by atoms with E-state index in [2.05, 4.69) is 10.5 Å². The molecule has 0 aliphatic carbocycles. The first-order valence-electron chi connectivity index (χ1n) is 7.90. The summed E-state index contributed by atoms with van der Waals surface area (Å²) in [6, 6.07) is 15.9. The highest BCUT2D eigenvalue weighted by Crippen LogP contribution is 2.28. The lowest BCUT2D eigenvalue weighted by Gasteiger charge is -2.08. The Balaban J connectivity index is 1.81. The van der Waals surface area contributed by atoms with E-state index in [1.165, 1.54) is 6.21 Å². The minimum atomic E-state index is -0.508. The van der Waals surface area contributed by atoms with E-state index in [4.69, 9.17) is 9.47 Å². The Kier molecular flexibility index (Phi) is 5.03.